The molecule has 0 saturated heterocycles. The van der Waals surface area contributed by atoms with E-state index in [1.807, 2.05) is 24.5 Å². The Morgan fingerprint density at radius 1 is 1.41 bits per heavy atom. The Balaban J connectivity index is 1.83. The van der Waals surface area contributed by atoms with Crippen LogP contribution < -0.4 is 5.32 Å². The molecule has 0 radical (unpaired) electrons. The second-order valence-electron chi connectivity index (χ2n) is 4.59. The van der Waals surface area contributed by atoms with Gasteiger partial charge in [-0.2, -0.15) is 11.8 Å². The fourth-order valence-corrected chi connectivity index (χ4v) is 3.27. The van der Waals surface area contributed by atoms with Crippen LogP contribution in [0.3, 0.4) is 0 Å². The molecule has 0 aliphatic carbocycles. The van der Waals surface area contributed by atoms with Crippen molar-refractivity contribution >= 4 is 45.0 Å². The highest BCUT2D eigenvalue weighted by Gasteiger charge is 2.09. The predicted molar refractivity (Wildman–Crippen MR) is 92.3 cm³/mol. The monoisotopic (exact) mass is 330 g/mol. The fourth-order valence-electron chi connectivity index (χ4n) is 1.91. The van der Waals surface area contributed by atoms with Crippen molar-refractivity contribution in [2.24, 2.45) is 0 Å². The molecule has 1 N–H and O–H groups in total. The third-order valence-corrected chi connectivity index (χ3v) is 4.66. The summed E-state index contributed by atoms with van der Waals surface area (Å²) in [7, 11) is 0. The molecule has 0 aliphatic rings. The van der Waals surface area contributed by atoms with E-state index in [1.54, 1.807) is 41.7 Å². The Labute approximate surface area is 136 Å². The molecule has 0 bridgehead atoms. The van der Waals surface area contributed by atoms with Crippen molar-refractivity contribution in [3.8, 4) is 10.6 Å². The van der Waals surface area contributed by atoms with Gasteiger partial charge in [-0.1, -0.05) is 0 Å². The van der Waals surface area contributed by atoms with Crippen LogP contribution in [-0.2, 0) is 4.79 Å². The molecule has 112 valence electrons. The molecule has 0 fully saturated rings. The van der Waals surface area contributed by atoms with Crippen molar-refractivity contribution in [2.75, 3.05) is 17.3 Å². The summed E-state index contributed by atoms with van der Waals surface area (Å²) in [6, 6.07) is 5.73. The molecule has 1 amide bonds. The number of pyridine rings is 2. The number of hydrogen-bond donors (Lipinski definition) is 1. The SMILES string of the molecule is CSCCC(=O)Nc1cc2sc(-c3cccnc3)nc2cn1. The molecule has 3 aromatic heterocycles. The molecule has 22 heavy (non-hydrogen) atoms. The number of anilines is 1. The van der Waals surface area contributed by atoms with Crippen LogP contribution in [0.5, 0.6) is 0 Å². The number of amides is 1. The molecule has 3 rings (SSSR count). The van der Waals surface area contributed by atoms with Gasteiger partial charge in [0.2, 0.25) is 5.91 Å². The summed E-state index contributed by atoms with van der Waals surface area (Å²) >= 11 is 3.21. The third-order valence-electron chi connectivity index (χ3n) is 2.98. The highest BCUT2D eigenvalue weighted by atomic mass is 32.2. The van der Waals surface area contributed by atoms with Crippen LogP contribution in [0.2, 0.25) is 0 Å². The highest BCUT2D eigenvalue weighted by molar-refractivity contribution is 7.98. The molecule has 5 nitrogen and oxygen atoms in total. The minimum atomic E-state index is -0.0156. The molecule has 3 heterocycles. The zero-order chi connectivity index (χ0) is 15.4. The minimum Gasteiger partial charge on any atom is -0.311 e. The van der Waals surface area contributed by atoms with Crippen LogP contribution in [-0.4, -0.2) is 32.9 Å². The van der Waals surface area contributed by atoms with Gasteiger partial charge in [0.1, 0.15) is 16.3 Å². The van der Waals surface area contributed by atoms with Gasteiger partial charge in [0, 0.05) is 36.2 Å². The van der Waals surface area contributed by atoms with Crippen LogP contribution in [0.1, 0.15) is 6.42 Å². The van der Waals surface area contributed by atoms with Crippen molar-refractivity contribution in [2.45, 2.75) is 6.42 Å². The maximum absolute atomic E-state index is 11.7. The highest BCUT2D eigenvalue weighted by Crippen LogP contribution is 2.30. The first kappa shape index (κ1) is 14.9. The van der Waals surface area contributed by atoms with E-state index in [9.17, 15) is 4.79 Å². The normalized spacial score (nSPS) is 10.8. The van der Waals surface area contributed by atoms with Crippen LogP contribution in [0.25, 0.3) is 20.8 Å². The summed E-state index contributed by atoms with van der Waals surface area (Å²) in [5, 5.41) is 3.72. The summed E-state index contributed by atoms with van der Waals surface area (Å²) in [5.74, 6) is 1.36. The Morgan fingerprint density at radius 2 is 2.32 bits per heavy atom. The molecular weight excluding hydrogens is 316 g/mol. The first-order valence-corrected chi connectivity index (χ1v) is 8.93. The Morgan fingerprint density at radius 3 is 3.09 bits per heavy atom. The minimum absolute atomic E-state index is 0.0156. The van der Waals surface area contributed by atoms with E-state index in [4.69, 9.17) is 0 Å². The maximum atomic E-state index is 11.7. The van der Waals surface area contributed by atoms with E-state index in [1.165, 1.54) is 0 Å². The van der Waals surface area contributed by atoms with Gasteiger partial charge in [0.05, 0.1) is 10.9 Å². The fraction of sp³-hybridized carbons (Fsp3) is 0.200. The number of thiazole rings is 1. The largest absolute Gasteiger partial charge is 0.311 e. The summed E-state index contributed by atoms with van der Waals surface area (Å²) in [6.45, 7) is 0. The van der Waals surface area contributed by atoms with Crippen molar-refractivity contribution < 1.29 is 4.79 Å². The summed E-state index contributed by atoms with van der Waals surface area (Å²) in [4.78, 5) is 24.7. The number of carbonyl (C=O) groups excluding carboxylic acids is 1. The lowest BCUT2D eigenvalue weighted by molar-refractivity contribution is -0.115. The molecule has 0 aromatic carbocycles. The Bertz CT molecular complexity index is 789. The lowest BCUT2D eigenvalue weighted by Gasteiger charge is -2.02. The molecule has 0 atom stereocenters. The first-order chi connectivity index (χ1) is 10.8. The zero-order valence-corrected chi connectivity index (χ0v) is 13.6. The lowest BCUT2D eigenvalue weighted by Crippen LogP contribution is -2.12. The standard InChI is InChI=1S/C15H14N4OS2/c1-21-6-4-14(20)19-13-7-12-11(9-17-13)18-15(22-12)10-3-2-5-16-8-10/h2-3,5,7-9H,4,6H2,1H3,(H,17,19,20). The van der Waals surface area contributed by atoms with E-state index >= 15 is 0 Å². The summed E-state index contributed by atoms with van der Waals surface area (Å²) < 4.78 is 0.994. The quantitative estimate of drug-likeness (QED) is 0.776. The number of rotatable bonds is 5. The number of fused-ring (bicyclic) bond motifs is 1. The summed E-state index contributed by atoms with van der Waals surface area (Å²) in [6.07, 6.45) is 7.69. The Hall–Kier alpha value is -1.99. The second-order valence-corrected chi connectivity index (χ2v) is 6.61. The lowest BCUT2D eigenvalue weighted by atomic mass is 10.3. The van der Waals surface area contributed by atoms with Crippen molar-refractivity contribution in [1.82, 2.24) is 15.0 Å². The zero-order valence-electron chi connectivity index (χ0n) is 11.9. The van der Waals surface area contributed by atoms with Gasteiger partial charge >= 0.3 is 0 Å². The number of aromatic nitrogens is 3. The van der Waals surface area contributed by atoms with Gasteiger partial charge < -0.3 is 5.32 Å². The van der Waals surface area contributed by atoms with E-state index in [-0.39, 0.29) is 5.91 Å². The smallest absolute Gasteiger partial charge is 0.226 e. The van der Waals surface area contributed by atoms with Crippen LogP contribution in [0.4, 0.5) is 5.82 Å². The van der Waals surface area contributed by atoms with E-state index < -0.39 is 0 Å². The summed E-state index contributed by atoms with van der Waals surface area (Å²) in [5.41, 5.74) is 1.81. The van der Waals surface area contributed by atoms with Gasteiger partial charge in [0.15, 0.2) is 0 Å². The van der Waals surface area contributed by atoms with E-state index in [2.05, 4.69) is 20.3 Å². The van der Waals surface area contributed by atoms with Crippen LogP contribution in [0.15, 0.2) is 36.8 Å². The molecule has 0 unspecified atom stereocenters. The van der Waals surface area contributed by atoms with Crippen LogP contribution >= 0.6 is 23.1 Å². The molecule has 3 aromatic rings. The van der Waals surface area contributed by atoms with Gasteiger partial charge in [0.25, 0.3) is 0 Å². The van der Waals surface area contributed by atoms with Gasteiger partial charge in [-0.25, -0.2) is 9.97 Å². The van der Waals surface area contributed by atoms with Crippen molar-refractivity contribution in [3.05, 3.63) is 36.8 Å². The number of nitrogens with one attached hydrogen (secondary N) is 1. The average molecular weight is 330 g/mol. The number of hydrogen-bond acceptors (Lipinski definition) is 6. The molecular formula is C15H14N4OS2. The molecule has 0 saturated carbocycles. The second kappa shape index (κ2) is 6.85. The molecule has 7 heteroatoms. The molecule has 0 aliphatic heterocycles. The van der Waals surface area contributed by atoms with Gasteiger partial charge in [-0.05, 0) is 18.4 Å². The Kier molecular flexibility index (Phi) is 4.65. The van der Waals surface area contributed by atoms with E-state index in [0.29, 0.717) is 12.2 Å². The van der Waals surface area contributed by atoms with Crippen molar-refractivity contribution in [1.29, 1.82) is 0 Å². The van der Waals surface area contributed by atoms with Crippen molar-refractivity contribution in [3.63, 3.8) is 0 Å². The topological polar surface area (TPSA) is 67.8 Å². The maximum Gasteiger partial charge on any atom is 0.226 e. The first-order valence-electron chi connectivity index (χ1n) is 6.72. The third kappa shape index (κ3) is 3.42. The average Bonchev–Trinajstić information content (AvgIpc) is 2.97. The van der Waals surface area contributed by atoms with Gasteiger partial charge in [-0.15, -0.1) is 11.3 Å². The predicted octanol–water partition coefficient (Wildman–Crippen LogP) is 3.44. The number of thioether (sulfide) groups is 1. The van der Waals surface area contributed by atoms with Crippen LogP contribution in [0, 0.1) is 0 Å². The van der Waals surface area contributed by atoms with Gasteiger partial charge in [-0.3, -0.25) is 9.78 Å². The molecule has 0 spiro atoms. The number of nitrogens with zero attached hydrogens (tertiary/aromatic N) is 3. The number of carbonyl (C=O) groups is 1. The van der Waals surface area contributed by atoms with E-state index in [0.717, 1.165) is 26.5 Å².